The summed E-state index contributed by atoms with van der Waals surface area (Å²) in [6.45, 7) is 0.504. The highest BCUT2D eigenvalue weighted by Gasteiger charge is 2.26. The smallest absolute Gasteiger partial charge is 0.271 e. The fraction of sp³-hybridized carbons (Fsp3) is 0.250. The van der Waals surface area contributed by atoms with Crippen molar-refractivity contribution in [3.63, 3.8) is 0 Å². The van der Waals surface area contributed by atoms with Crippen molar-refractivity contribution < 1.29 is 17.6 Å². The topological polar surface area (TPSA) is 139 Å². The van der Waals surface area contributed by atoms with Gasteiger partial charge in [-0.05, 0) is 6.42 Å². The Morgan fingerprint density at radius 1 is 1.45 bits per heavy atom. The monoisotopic (exact) mass is 324 g/mol. The Bertz CT molecular complexity index is 898. The van der Waals surface area contributed by atoms with Crippen LogP contribution in [-0.2, 0) is 23.0 Å². The van der Waals surface area contributed by atoms with Gasteiger partial charge in [0.05, 0.1) is 24.1 Å². The van der Waals surface area contributed by atoms with Crippen LogP contribution in [0, 0.1) is 0 Å². The van der Waals surface area contributed by atoms with E-state index in [0.717, 1.165) is 12.3 Å². The number of fused-ring (bicyclic) bond motifs is 1. The first-order chi connectivity index (χ1) is 10.4. The zero-order valence-electron chi connectivity index (χ0n) is 11.3. The van der Waals surface area contributed by atoms with Crippen LogP contribution >= 0.6 is 0 Å². The first-order valence-electron chi connectivity index (χ1n) is 6.32. The third-order valence-electron chi connectivity index (χ3n) is 3.40. The summed E-state index contributed by atoms with van der Waals surface area (Å²) in [7, 11) is -4.00. The molecule has 3 rings (SSSR count). The van der Waals surface area contributed by atoms with Crippen molar-refractivity contribution in [3.8, 4) is 0 Å². The largest absolute Gasteiger partial charge is 0.451 e. The quantitative estimate of drug-likeness (QED) is 0.742. The van der Waals surface area contributed by atoms with E-state index in [9.17, 15) is 18.0 Å². The Balaban J connectivity index is 1.85. The van der Waals surface area contributed by atoms with Gasteiger partial charge in [-0.3, -0.25) is 9.59 Å². The number of H-pyrrole nitrogens is 1. The lowest BCUT2D eigenvalue weighted by atomic mass is 10.1. The lowest BCUT2D eigenvalue weighted by molar-refractivity contribution is 0.0730. The molecule has 1 aliphatic heterocycles. The van der Waals surface area contributed by atoms with Crippen LogP contribution in [0.3, 0.4) is 0 Å². The van der Waals surface area contributed by atoms with E-state index in [2.05, 4.69) is 9.97 Å². The lowest BCUT2D eigenvalue weighted by Crippen LogP contribution is -2.38. The van der Waals surface area contributed by atoms with Gasteiger partial charge in [0.1, 0.15) is 6.26 Å². The summed E-state index contributed by atoms with van der Waals surface area (Å²) in [5.74, 6) is -0.411. The molecule has 0 aliphatic carbocycles. The molecule has 0 radical (unpaired) electrons. The number of amides is 1. The summed E-state index contributed by atoms with van der Waals surface area (Å²) in [5.41, 5.74) is 0.955. The maximum atomic E-state index is 12.4. The second kappa shape index (κ2) is 5.07. The highest BCUT2D eigenvalue weighted by atomic mass is 32.2. The Labute approximate surface area is 124 Å². The van der Waals surface area contributed by atoms with Crippen LogP contribution in [0.25, 0.3) is 0 Å². The Morgan fingerprint density at radius 3 is 2.91 bits per heavy atom. The third kappa shape index (κ3) is 2.53. The summed E-state index contributed by atoms with van der Waals surface area (Å²) in [5, 5.41) is 4.46. The average Bonchev–Trinajstić information content (AvgIpc) is 2.96. The summed E-state index contributed by atoms with van der Waals surface area (Å²) in [6.07, 6.45) is 2.71. The van der Waals surface area contributed by atoms with Crippen LogP contribution in [-0.4, -0.2) is 35.7 Å². The minimum Gasteiger partial charge on any atom is -0.451 e. The summed E-state index contributed by atoms with van der Waals surface area (Å²) in [6, 6.07) is 1.08. The van der Waals surface area contributed by atoms with Gasteiger partial charge in [0.2, 0.25) is 5.09 Å². The van der Waals surface area contributed by atoms with Crippen LogP contribution < -0.4 is 10.7 Å². The molecule has 9 nitrogen and oxygen atoms in total. The molecule has 116 valence electrons. The number of hydrogen-bond donors (Lipinski definition) is 2. The molecule has 0 saturated heterocycles. The Kier molecular flexibility index (Phi) is 3.34. The van der Waals surface area contributed by atoms with E-state index in [1.54, 1.807) is 0 Å². The van der Waals surface area contributed by atoms with Gasteiger partial charge in [0.25, 0.3) is 21.5 Å². The fourth-order valence-electron chi connectivity index (χ4n) is 2.30. The predicted octanol–water partition coefficient (Wildman–Crippen LogP) is -0.791. The van der Waals surface area contributed by atoms with E-state index >= 15 is 0 Å². The predicted molar refractivity (Wildman–Crippen MR) is 73.4 cm³/mol. The van der Waals surface area contributed by atoms with Crippen molar-refractivity contribution in [1.29, 1.82) is 0 Å². The van der Waals surface area contributed by atoms with Gasteiger partial charge in [-0.1, -0.05) is 0 Å². The molecular formula is C12H12N4O5S. The number of nitrogens with zero attached hydrogens (tertiary/aromatic N) is 2. The molecule has 0 fully saturated rings. The molecule has 1 amide bonds. The molecule has 22 heavy (non-hydrogen) atoms. The number of sulfonamides is 1. The molecule has 2 aromatic heterocycles. The molecule has 0 spiro atoms. The minimum absolute atomic E-state index is 0.0808. The number of hydrogen-bond acceptors (Lipinski definition) is 6. The number of rotatable bonds is 2. The Hall–Kier alpha value is -2.46. The normalized spacial score (nSPS) is 14.7. The van der Waals surface area contributed by atoms with Crippen molar-refractivity contribution in [3.05, 3.63) is 45.8 Å². The van der Waals surface area contributed by atoms with Crippen molar-refractivity contribution in [2.45, 2.75) is 18.1 Å². The molecule has 2 aromatic rings. The van der Waals surface area contributed by atoms with Crippen LogP contribution in [0.1, 0.15) is 21.6 Å². The van der Waals surface area contributed by atoms with Crippen molar-refractivity contribution in [2.75, 3.05) is 6.54 Å². The summed E-state index contributed by atoms with van der Waals surface area (Å²) in [4.78, 5) is 32.0. The number of aromatic amines is 1. The molecule has 0 aromatic carbocycles. The van der Waals surface area contributed by atoms with Gasteiger partial charge in [-0.2, -0.15) is 0 Å². The maximum absolute atomic E-state index is 12.4. The van der Waals surface area contributed by atoms with E-state index in [-0.39, 0.29) is 17.7 Å². The zero-order valence-corrected chi connectivity index (χ0v) is 12.1. The van der Waals surface area contributed by atoms with Gasteiger partial charge in [-0.25, -0.2) is 18.5 Å². The highest BCUT2D eigenvalue weighted by Crippen LogP contribution is 2.18. The first kappa shape index (κ1) is 14.5. The third-order valence-corrected chi connectivity index (χ3v) is 4.18. The van der Waals surface area contributed by atoms with Crippen LogP contribution in [0.4, 0.5) is 0 Å². The minimum atomic E-state index is -4.00. The number of carbonyl (C=O) groups is 1. The van der Waals surface area contributed by atoms with Gasteiger partial charge >= 0.3 is 0 Å². The van der Waals surface area contributed by atoms with E-state index in [4.69, 9.17) is 9.56 Å². The number of nitrogens with one attached hydrogen (secondary N) is 1. The van der Waals surface area contributed by atoms with Gasteiger partial charge in [0.15, 0.2) is 0 Å². The lowest BCUT2D eigenvalue weighted by Gasteiger charge is -2.26. The van der Waals surface area contributed by atoms with E-state index in [1.165, 1.54) is 11.2 Å². The standard InChI is InChI=1S/C12H12N4O5S/c13-22(19,20)10-3-7(5-21-10)12(18)16-2-1-8-9(4-16)14-6-15-11(8)17/h3,5-6H,1-2,4H2,(H2,13,19,20)(H,14,15,17). The van der Waals surface area contributed by atoms with Gasteiger partial charge < -0.3 is 14.3 Å². The Morgan fingerprint density at radius 2 is 2.23 bits per heavy atom. The van der Waals surface area contributed by atoms with E-state index < -0.39 is 21.0 Å². The molecule has 0 atom stereocenters. The SMILES string of the molecule is NS(=O)(=O)c1cc(C(=O)N2CCc3c(nc[nH]c3=O)C2)co1. The van der Waals surface area contributed by atoms with E-state index in [1.807, 2.05) is 0 Å². The highest BCUT2D eigenvalue weighted by molar-refractivity contribution is 7.89. The maximum Gasteiger partial charge on any atom is 0.271 e. The molecular weight excluding hydrogens is 312 g/mol. The number of furan rings is 1. The van der Waals surface area contributed by atoms with Crippen LogP contribution in [0.5, 0.6) is 0 Å². The van der Waals surface area contributed by atoms with Crippen LogP contribution in [0.15, 0.2) is 33.0 Å². The number of nitrogens with two attached hydrogens (primary N) is 1. The molecule has 1 aliphatic rings. The molecule has 0 bridgehead atoms. The van der Waals surface area contributed by atoms with E-state index in [0.29, 0.717) is 24.2 Å². The van der Waals surface area contributed by atoms with Crippen molar-refractivity contribution in [2.24, 2.45) is 5.14 Å². The van der Waals surface area contributed by atoms with Gasteiger partial charge in [-0.15, -0.1) is 0 Å². The number of carbonyl (C=O) groups excluding carboxylic acids is 1. The average molecular weight is 324 g/mol. The van der Waals surface area contributed by atoms with Crippen LogP contribution in [0.2, 0.25) is 0 Å². The van der Waals surface area contributed by atoms with Crippen molar-refractivity contribution >= 4 is 15.9 Å². The fourth-order valence-corrected chi connectivity index (χ4v) is 2.77. The first-order valence-corrected chi connectivity index (χ1v) is 7.87. The van der Waals surface area contributed by atoms with Crippen molar-refractivity contribution in [1.82, 2.24) is 14.9 Å². The molecule has 10 heteroatoms. The van der Waals surface area contributed by atoms with Gasteiger partial charge in [0, 0.05) is 18.2 Å². The number of aromatic nitrogens is 2. The summed E-state index contributed by atoms with van der Waals surface area (Å²) >= 11 is 0. The molecule has 0 unspecified atom stereocenters. The number of primary sulfonamides is 1. The molecule has 0 saturated carbocycles. The zero-order chi connectivity index (χ0) is 15.9. The summed E-state index contributed by atoms with van der Waals surface area (Å²) < 4.78 is 27.1. The second-order valence-electron chi connectivity index (χ2n) is 4.83. The molecule has 3 N–H and O–H groups in total. The second-order valence-corrected chi connectivity index (χ2v) is 6.33. The molecule has 3 heterocycles.